The average Bonchev–Trinajstić information content (AvgIpc) is 3.05. The minimum absolute atomic E-state index is 0.103. The molecule has 160 valence electrons. The molecule has 8 atom stereocenters. The predicted molar refractivity (Wildman–Crippen MR) is 119 cm³/mol. The van der Waals surface area contributed by atoms with Gasteiger partial charge in [0.1, 0.15) is 0 Å². The molecule has 0 spiro atoms. The zero-order chi connectivity index (χ0) is 20.1. The average molecular weight is 387 g/mol. The summed E-state index contributed by atoms with van der Waals surface area (Å²) >= 11 is 0. The smallest absolute Gasteiger partial charge is 0.0563 e. The molecule has 0 aromatic carbocycles. The minimum atomic E-state index is -0.103. The van der Waals surface area contributed by atoms with Crippen molar-refractivity contribution in [1.29, 1.82) is 0 Å². The predicted octanol–water partition coefficient (Wildman–Crippen LogP) is 7.39. The van der Waals surface area contributed by atoms with Crippen LogP contribution in [0, 0.1) is 46.3 Å². The fourth-order valence-corrected chi connectivity index (χ4v) is 8.94. The van der Waals surface area contributed by atoms with Crippen LogP contribution in [0.2, 0.25) is 0 Å². The molecule has 4 rings (SSSR count). The molecule has 1 N–H and O–H groups in total. The van der Waals surface area contributed by atoms with Crippen molar-refractivity contribution < 1.29 is 5.11 Å². The van der Waals surface area contributed by atoms with Crippen LogP contribution < -0.4 is 0 Å². The van der Waals surface area contributed by atoms with Gasteiger partial charge in [0.25, 0.3) is 0 Å². The van der Waals surface area contributed by atoms with Crippen LogP contribution in [-0.4, -0.2) is 11.2 Å². The second-order valence-corrected chi connectivity index (χ2v) is 11.9. The lowest BCUT2D eigenvalue weighted by atomic mass is 9.44. The summed E-state index contributed by atoms with van der Waals surface area (Å²) in [4.78, 5) is 0. The van der Waals surface area contributed by atoms with Crippen LogP contribution in [0.5, 0.6) is 0 Å². The number of allylic oxidation sites excluding steroid dienone is 1. The lowest BCUT2D eigenvalue weighted by Crippen LogP contribution is -2.53. The number of rotatable bonds is 5. The second-order valence-electron chi connectivity index (χ2n) is 11.9. The Kier molecular flexibility index (Phi) is 5.80. The van der Waals surface area contributed by atoms with Gasteiger partial charge in [-0.15, -0.1) is 0 Å². The summed E-state index contributed by atoms with van der Waals surface area (Å²) in [5.74, 6) is 5.13. The molecule has 4 aliphatic carbocycles. The van der Waals surface area contributed by atoms with Crippen molar-refractivity contribution in [3.8, 4) is 0 Å². The molecule has 0 aliphatic heterocycles. The number of hydrogen-bond donors (Lipinski definition) is 1. The summed E-state index contributed by atoms with van der Waals surface area (Å²) in [7, 11) is 0. The van der Waals surface area contributed by atoms with E-state index in [-0.39, 0.29) is 6.10 Å². The van der Waals surface area contributed by atoms with Crippen LogP contribution in [0.4, 0.5) is 0 Å². The molecule has 8 unspecified atom stereocenters. The van der Waals surface area contributed by atoms with Gasteiger partial charge in [0.15, 0.2) is 0 Å². The summed E-state index contributed by atoms with van der Waals surface area (Å²) in [5, 5.41) is 10.4. The van der Waals surface area contributed by atoms with E-state index in [4.69, 9.17) is 0 Å². The van der Waals surface area contributed by atoms with E-state index in [2.05, 4.69) is 34.3 Å². The highest BCUT2D eigenvalue weighted by Gasteiger charge is 2.60. The van der Waals surface area contributed by atoms with Crippen molar-refractivity contribution in [2.75, 3.05) is 0 Å². The van der Waals surface area contributed by atoms with Crippen molar-refractivity contribution in [2.24, 2.45) is 46.3 Å². The van der Waals surface area contributed by atoms with E-state index in [1.54, 1.807) is 0 Å². The summed E-state index contributed by atoms with van der Waals surface area (Å²) in [6, 6.07) is 0. The highest BCUT2D eigenvalue weighted by Crippen LogP contribution is 2.69. The monoisotopic (exact) mass is 386 g/mol. The van der Waals surface area contributed by atoms with Gasteiger partial charge in [0.05, 0.1) is 6.10 Å². The first-order valence-corrected chi connectivity index (χ1v) is 12.7. The summed E-state index contributed by atoms with van der Waals surface area (Å²) in [5.41, 5.74) is 2.72. The van der Waals surface area contributed by atoms with Crippen LogP contribution in [-0.2, 0) is 0 Å². The molecule has 0 bridgehead atoms. The van der Waals surface area contributed by atoms with Crippen LogP contribution in [0.15, 0.2) is 12.2 Å². The first-order valence-electron chi connectivity index (χ1n) is 12.7. The lowest BCUT2D eigenvalue weighted by molar-refractivity contribution is -0.112. The van der Waals surface area contributed by atoms with Crippen molar-refractivity contribution >= 4 is 0 Å². The molecule has 0 amide bonds. The van der Waals surface area contributed by atoms with Gasteiger partial charge in [-0.05, 0) is 123 Å². The Balaban J connectivity index is 1.51. The van der Waals surface area contributed by atoms with Crippen molar-refractivity contribution in [3.05, 3.63) is 12.2 Å². The third-order valence-corrected chi connectivity index (χ3v) is 10.8. The SMILES string of the molecule is C=C1CCC2(C)C(CCC3C2CCC2(CC)C(CCC(O)C(C)C)CCC32)C1. The van der Waals surface area contributed by atoms with Crippen molar-refractivity contribution in [1.82, 2.24) is 0 Å². The highest BCUT2D eigenvalue weighted by atomic mass is 16.3. The number of hydrogen-bond acceptors (Lipinski definition) is 1. The molecule has 0 heterocycles. The van der Waals surface area contributed by atoms with Gasteiger partial charge in [-0.25, -0.2) is 0 Å². The zero-order valence-corrected chi connectivity index (χ0v) is 19.2. The van der Waals surface area contributed by atoms with E-state index < -0.39 is 0 Å². The van der Waals surface area contributed by atoms with E-state index >= 15 is 0 Å². The molecular formula is C27H46O. The van der Waals surface area contributed by atoms with Crippen LogP contribution >= 0.6 is 0 Å². The summed E-state index contributed by atoms with van der Waals surface area (Å²) in [6.07, 6.45) is 16.4. The molecule has 1 heteroatoms. The molecular weight excluding hydrogens is 340 g/mol. The third-order valence-electron chi connectivity index (χ3n) is 10.8. The van der Waals surface area contributed by atoms with Gasteiger partial charge in [-0.2, -0.15) is 0 Å². The molecule has 0 aromatic rings. The molecule has 1 nitrogen and oxygen atoms in total. The number of aliphatic hydroxyl groups is 1. The fraction of sp³-hybridized carbons (Fsp3) is 0.926. The Morgan fingerprint density at radius 2 is 1.86 bits per heavy atom. The van der Waals surface area contributed by atoms with E-state index in [0.717, 1.165) is 36.0 Å². The highest BCUT2D eigenvalue weighted by molar-refractivity contribution is 5.13. The van der Waals surface area contributed by atoms with Gasteiger partial charge in [0, 0.05) is 0 Å². The molecule has 4 saturated carbocycles. The van der Waals surface area contributed by atoms with E-state index in [1.807, 2.05) is 0 Å². The van der Waals surface area contributed by atoms with E-state index in [1.165, 1.54) is 76.2 Å². The summed E-state index contributed by atoms with van der Waals surface area (Å²) < 4.78 is 0. The number of aliphatic hydroxyl groups excluding tert-OH is 1. The molecule has 28 heavy (non-hydrogen) atoms. The molecule has 4 aliphatic rings. The van der Waals surface area contributed by atoms with Crippen molar-refractivity contribution in [3.63, 3.8) is 0 Å². The molecule has 0 aromatic heterocycles. The third kappa shape index (κ3) is 3.23. The standard InChI is InChI=1S/C27H46O/c1-6-27-16-14-23-22(10-7-21-17-19(4)13-15-26(21,23)5)24(27)11-8-20(27)9-12-25(28)18(2)3/h18,20-25,28H,4,6-17H2,1-3,5H3. The Labute approximate surface area is 174 Å². The maximum Gasteiger partial charge on any atom is 0.0563 e. The van der Waals surface area contributed by atoms with Gasteiger partial charge >= 0.3 is 0 Å². The van der Waals surface area contributed by atoms with Gasteiger partial charge in [0.2, 0.25) is 0 Å². The maximum absolute atomic E-state index is 10.4. The quantitative estimate of drug-likeness (QED) is 0.488. The number of fused-ring (bicyclic) bond motifs is 5. The normalized spacial score (nSPS) is 46.8. The van der Waals surface area contributed by atoms with Crippen LogP contribution in [0.25, 0.3) is 0 Å². The Bertz CT molecular complexity index is 579. The Hall–Kier alpha value is -0.300. The first-order chi connectivity index (χ1) is 13.3. The minimum Gasteiger partial charge on any atom is -0.393 e. The molecule has 4 fully saturated rings. The van der Waals surface area contributed by atoms with E-state index in [9.17, 15) is 5.11 Å². The largest absolute Gasteiger partial charge is 0.393 e. The van der Waals surface area contributed by atoms with E-state index in [0.29, 0.717) is 16.7 Å². The Morgan fingerprint density at radius 1 is 1.07 bits per heavy atom. The Morgan fingerprint density at radius 3 is 2.57 bits per heavy atom. The van der Waals surface area contributed by atoms with Crippen LogP contribution in [0.1, 0.15) is 105 Å². The van der Waals surface area contributed by atoms with Crippen molar-refractivity contribution in [2.45, 2.75) is 111 Å². The van der Waals surface area contributed by atoms with Gasteiger partial charge in [-0.1, -0.05) is 39.8 Å². The topological polar surface area (TPSA) is 20.2 Å². The second kappa shape index (κ2) is 7.75. The van der Waals surface area contributed by atoms with Gasteiger partial charge in [-0.3, -0.25) is 0 Å². The first kappa shape index (κ1) is 21.0. The summed E-state index contributed by atoms with van der Waals surface area (Å²) in [6.45, 7) is 13.8. The van der Waals surface area contributed by atoms with Crippen LogP contribution in [0.3, 0.4) is 0 Å². The maximum atomic E-state index is 10.4. The molecule has 0 radical (unpaired) electrons. The van der Waals surface area contributed by atoms with Gasteiger partial charge < -0.3 is 5.11 Å². The fourth-order valence-electron chi connectivity index (χ4n) is 8.94. The zero-order valence-electron chi connectivity index (χ0n) is 19.2. The lowest BCUT2D eigenvalue weighted by Gasteiger charge is -2.61. The molecule has 0 saturated heterocycles.